The second-order valence-corrected chi connectivity index (χ2v) is 8.97. The summed E-state index contributed by atoms with van der Waals surface area (Å²) < 4.78 is 18.7. The van der Waals surface area contributed by atoms with E-state index in [0.717, 1.165) is 13.2 Å². The van der Waals surface area contributed by atoms with E-state index in [4.69, 9.17) is 14.2 Å². The van der Waals surface area contributed by atoms with Crippen LogP contribution in [0.3, 0.4) is 0 Å². The van der Waals surface area contributed by atoms with Gasteiger partial charge in [0.25, 0.3) is 0 Å². The fraction of sp³-hybridized carbons (Fsp3) is 0.821. The van der Waals surface area contributed by atoms with Crippen LogP contribution in [0.2, 0.25) is 0 Å². The topological polar surface area (TPSA) is 30.7 Å². The van der Waals surface area contributed by atoms with Crippen molar-refractivity contribution in [2.45, 2.75) is 110 Å². The average Bonchev–Trinajstić information content (AvgIpc) is 2.82. The molecule has 0 spiro atoms. The molecular weight excluding hydrogens is 434 g/mol. The van der Waals surface area contributed by atoms with Crippen LogP contribution in [0.15, 0.2) is 24.4 Å². The van der Waals surface area contributed by atoms with Gasteiger partial charge >= 0.3 is 6.40 Å². The molecule has 0 aromatic carbocycles. The predicted octanol–water partition coefficient (Wildman–Crippen LogP) is 4.43. The van der Waals surface area contributed by atoms with Crippen LogP contribution in [0, 0.1) is 0 Å². The van der Waals surface area contributed by atoms with Crippen molar-refractivity contribution in [1.29, 1.82) is 0 Å². The van der Waals surface area contributed by atoms with E-state index < -0.39 is 0 Å². The van der Waals surface area contributed by atoms with Crippen molar-refractivity contribution in [3.63, 3.8) is 0 Å². The molecule has 1 rings (SSSR count). The lowest BCUT2D eigenvalue weighted by Crippen LogP contribution is -3.00. The van der Waals surface area contributed by atoms with E-state index in [1.165, 1.54) is 103 Å². The SMILES string of the molecule is CCCCCCCCCCCCCCCCCCOCCOCCOC=[N+]1C=CC=CC1.[Cl-]. The van der Waals surface area contributed by atoms with Gasteiger partial charge in [-0.3, -0.25) is 0 Å². The van der Waals surface area contributed by atoms with Crippen molar-refractivity contribution in [1.82, 2.24) is 0 Å². The van der Waals surface area contributed by atoms with Gasteiger partial charge in [-0.2, -0.15) is 4.58 Å². The Kier molecular flexibility index (Phi) is 26.7. The third-order valence-corrected chi connectivity index (χ3v) is 5.91. The normalized spacial score (nSPS) is 14.0. The number of rotatable bonds is 24. The highest BCUT2D eigenvalue weighted by molar-refractivity contribution is 5.40. The molecule has 0 aromatic heterocycles. The molecule has 194 valence electrons. The van der Waals surface area contributed by atoms with Crippen LogP contribution in [0.1, 0.15) is 110 Å². The molecule has 0 amide bonds. The van der Waals surface area contributed by atoms with Crippen LogP contribution in [0.4, 0.5) is 0 Å². The van der Waals surface area contributed by atoms with E-state index in [1.807, 2.05) is 22.9 Å². The fourth-order valence-electron chi connectivity index (χ4n) is 3.89. The molecule has 0 unspecified atom stereocenters. The van der Waals surface area contributed by atoms with Crippen LogP contribution < -0.4 is 12.4 Å². The molecular formula is C28H52ClNO3. The maximum Gasteiger partial charge on any atom is 0.329 e. The minimum Gasteiger partial charge on any atom is -1.00 e. The lowest BCUT2D eigenvalue weighted by molar-refractivity contribution is -0.450. The highest BCUT2D eigenvalue weighted by Crippen LogP contribution is 2.13. The summed E-state index contributed by atoms with van der Waals surface area (Å²) in [4.78, 5) is 0. The van der Waals surface area contributed by atoms with Crippen LogP contribution >= 0.6 is 0 Å². The van der Waals surface area contributed by atoms with Gasteiger partial charge in [0.2, 0.25) is 0 Å². The number of nitrogens with zero attached hydrogens (tertiary/aromatic N) is 1. The minimum atomic E-state index is 0. The highest BCUT2D eigenvalue weighted by atomic mass is 35.5. The summed E-state index contributed by atoms with van der Waals surface area (Å²) in [6.45, 7) is 6.53. The first-order valence-corrected chi connectivity index (χ1v) is 13.6. The molecule has 0 radical (unpaired) electrons. The van der Waals surface area contributed by atoms with E-state index in [1.54, 1.807) is 6.40 Å². The van der Waals surface area contributed by atoms with Gasteiger partial charge in [0.15, 0.2) is 12.7 Å². The molecule has 4 nitrogen and oxygen atoms in total. The van der Waals surface area contributed by atoms with Crippen molar-refractivity contribution >= 4 is 6.40 Å². The molecule has 0 saturated heterocycles. The summed E-state index contributed by atoms with van der Waals surface area (Å²) in [5.41, 5.74) is 0. The van der Waals surface area contributed by atoms with Gasteiger partial charge in [-0.05, 0) is 12.5 Å². The molecule has 0 bridgehead atoms. The van der Waals surface area contributed by atoms with Gasteiger partial charge in [0.1, 0.15) is 6.61 Å². The molecule has 1 aliphatic rings. The molecule has 0 N–H and O–H groups in total. The van der Waals surface area contributed by atoms with E-state index >= 15 is 0 Å². The van der Waals surface area contributed by atoms with Crippen molar-refractivity contribution in [2.24, 2.45) is 0 Å². The van der Waals surface area contributed by atoms with Gasteiger partial charge in [0.05, 0.1) is 19.8 Å². The highest BCUT2D eigenvalue weighted by Gasteiger charge is 2.00. The van der Waals surface area contributed by atoms with Crippen LogP contribution in [0.5, 0.6) is 0 Å². The zero-order valence-corrected chi connectivity index (χ0v) is 22.2. The zero-order valence-electron chi connectivity index (χ0n) is 21.5. The van der Waals surface area contributed by atoms with Crippen LogP contribution in [-0.4, -0.2) is 50.6 Å². The third-order valence-electron chi connectivity index (χ3n) is 5.91. The quantitative estimate of drug-likeness (QED) is 0.115. The van der Waals surface area contributed by atoms with Crippen molar-refractivity contribution in [2.75, 3.05) is 39.6 Å². The van der Waals surface area contributed by atoms with Gasteiger partial charge in [-0.25, -0.2) is 0 Å². The standard InChI is InChI=1S/C28H52NO3.ClH/c1-2-3-4-5-6-7-8-9-10-11-12-13-14-15-16-20-23-30-24-25-31-26-27-32-28-29-21-18-17-19-22-29;/h17-19,21,28H,2-16,20,22-27H2,1H3;1H/q+1;/p-1. The number of halogens is 1. The van der Waals surface area contributed by atoms with E-state index in [-0.39, 0.29) is 12.4 Å². The smallest absolute Gasteiger partial charge is 0.329 e. The molecule has 0 aromatic rings. The largest absolute Gasteiger partial charge is 1.00 e. The first kappa shape index (κ1) is 32.2. The summed E-state index contributed by atoms with van der Waals surface area (Å²) in [5, 5.41) is 0. The Morgan fingerprint density at radius 2 is 1.09 bits per heavy atom. The Labute approximate surface area is 211 Å². The average molecular weight is 486 g/mol. The Morgan fingerprint density at radius 3 is 1.61 bits per heavy atom. The monoisotopic (exact) mass is 485 g/mol. The van der Waals surface area contributed by atoms with Gasteiger partial charge in [-0.15, -0.1) is 0 Å². The summed E-state index contributed by atoms with van der Waals surface area (Å²) in [6, 6.07) is 0. The van der Waals surface area contributed by atoms with Gasteiger partial charge < -0.3 is 26.6 Å². The first-order chi connectivity index (χ1) is 15.9. The van der Waals surface area contributed by atoms with Crippen LogP contribution in [0.25, 0.3) is 0 Å². The molecule has 0 saturated carbocycles. The molecule has 0 atom stereocenters. The lowest BCUT2D eigenvalue weighted by atomic mass is 10.0. The number of hydrogen-bond donors (Lipinski definition) is 0. The fourth-order valence-corrected chi connectivity index (χ4v) is 3.89. The summed E-state index contributed by atoms with van der Waals surface area (Å²) in [6.07, 6.45) is 32.3. The predicted molar refractivity (Wildman–Crippen MR) is 137 cm³/mol. The lowest BCUT2D eigenvalue weighted by Gasteiger charge is -2.06. The Morgan fingerprint density at radius 1 is 0.606 bits per heavy atom. The molecule has 1 heterocycles. The van der Waals surface area contributed by atoms with E-state index in [0.29, 0.717) is 26.4 Å². The second-order valence-electron chi connectivity index (χ2n) is 8.97. The van der Waals surface area contributed by atoms with Crippen molar-refractivity contribution in [3.05, 3.63) is 24.4 Å². The van der Waals surface area contributed by atoms with E-state index in [9.17, 15) is 0 Å². The van der Waals surface area contributed by atoms with Gasteiger partial charge in [0, 0.05) is 12.7 Å². The Bertz CT molecular complexity index is 480. The summed E-state index contributed by atoms with van der Waals surface area (Å²) >= 11 is 0. The van der Waals surface area contributed by atoms with Crippen molar-refractivity contribution < 1.29 is 31.2 Å². The number of hydrogen-bond acceptors (Lipinski definition) is 3. The third kappa shape index (κ3) is 24.1. The zero-order chi connectivity index (χ0) is 22.8. The molecule has 33 heavy (non-hydrogen) atoms. The molecule has 5 heteroatoms. The van der Waals surface area contributed by atoms with E-state index in [2.05, 4.69) is 13.0 Å². The number of unbranched alkanes of at least 4 members (excludes halogenated alkanes) is 15. The number of allylic oxidation sites excluding steroid dienone is 2. The summed E-state index contributed by atoms with van der Waals surface area (Å²) in [5.74, 6) is 0. The number of ether oxygens (including phenoxy) is 3. The molecule has 0 aliphatic carbocycles. The van der Waals surface area contributed by atoms with Gasteiger partial charge in [-0.1, -0.05) is 109 Å². The Hall–Kier alpha value is -0.840. The minimum absolute atomic E-state index is 0. The van der Waals surface area contributed by atoms with Crippen LogP contribution in [-0.2, 0) is 14.2 Å². The first-order valence-electron chi connectivity index (χ1n) is 13.6. The maximum absolute atomic E-state index is 5.66. The molecule has 1 aliphatic heterocycles. The second kappa shape index (κ2) is 27.4. The summed E-state index contributed by atoms with van der Waals surface area (Å²) in [7, 11) is 0. The Balaban J connectivity index is 0.0000102. The maximum atomic E-state index is 5.66. The van der Waals surface area contributed by atoms with Crippen molar-refractivity contribution in [3.8, 4) is 0 Å². The molecule has 0 fully saturated rings.